The van der Waals surface area contributed by atoms with Crippen molar-refractivity contribution in [3.8, 4) is 0 Å². The minimum absolute atomic E-state index is 0. The number of hydrogen-bond acceptors (Lipinski definition) is 2. The van der Waals surface area contributed by atoms with Crippen molar-refractivity contribution < 1.29 is 9.90 Å². The van der Waals surface area contributed by atoms with E-state index in [-0.39, 0.29) is 12.4 Å². The molecule has 1 amide bonds. The van der Waals surface area contributed by atoms with Gasteiger partial charge < -0.3 is 10.8 Å². The molecule has 3 N–H and O–H groups in total. The van der Waals surface area contributed by atoms with Crippen LogP contribution in [-0.4, -0.2) is 33.7 Å². The number of nitrogens with two attached hydrogens (primary N) is 1. The van der Waals surface area contributed by atoms with Crippen LogP contribution in [0.2, 0.25) is 0 Å². The van der Waals surface area contributed by atoms with E-state index in [1.165, 1.54) is 4.90 Å². The third-order valence-corrected chi connectivity index (χ3v) is 1.97. The number of amides is 1. The first-order valence-corrected chi connectivity index (χ1v) is 4.36. The highest BCUT2D eigenvalue weighted by Gasteiger charge is 2.37. The molecule has 0 bridgehead atoms. The summed E-state index contributed by atoms with van der Waals surface area (Å²) in [6.07, 6.45) is -0.928. The van der Waals surface area contributed by atoms with Crippen LogP contribution in [0.4, 0.5) is 4.79 Å². The van der Waals surface area contributed by atoms with Crippen LogP contribution in [0.1, 0.15) is 34.6 Å². The minimum atomic E-state index is -0.928. The molecule has 0 radical (unpaired) electrons. The van der Waals surface area contributed by atoms with Crippen molar-refractivity contribution in [3.05, 3.63) is 0 Å². The third kappa shape index (κ3) is 3.72. The molecule has 0 fully saturated rings. The Hall–Kier alpha value is -0.480. The second-order valence-electron chi connectivity index (χ2n) is 4.81. The van der Waals surface area contributed by atoms with Gasteiger partial charge in [0.1, 0.15) is 0 Å². The Morgan fingerprint density at radius 1 is 1.29 bits per heavy atom. The van der Waals surface area contributed by atoms with Gasteiger partial charge in [-0.15, -0.1) is 12.4 Å². The van der Waals surface area contributed by atoms with Crippen LogP contribution >= 0.6 is 12.4 Å². The van der Waals surface area contributed by atoms with E-state index >= 15 is 0 Å². The van der Waals surface area contributed by atoms with E-state index in [9.17, 15) is 4.79 Å². The lowest BCUT2D eigenvalue weighted by Crippen LogP contribution is -2.59. The highest BCUT2D eigenvalue weighted by Crippen LogP contribution is 2.24. The van der Waals surface area contributed by atoms with Crippen LogP contribution < -0.4 is 5.73 Å². The van der Waals surface area contributed by atoms with Gasteiger partial charge in [-0.2, -0.15) is 0 Å². The smallest absolute Gasteiger partial charge is 0.408 e. The number of halogens is 1. The molecule has 86 valence electrons. The lowest BCUT2D eigenvalue weighted by molar-refractivity contribution is 0.0373. The fraction of sp³-hybridized carbons (Fsp3) is 0.889. The molecule has 14 heavy (non-hydrogen) atoms. The molecular weight excluding hydrogens is 204 g/mol. The number of rotatable bonds is 2. The molecule has 0 aliphatic rings. The molecular formula is C9H21ClN2O2. The van der Waals surface area contributed by atoms with E-state index in [0.29, 0.717) is 6.54 Å². The van der Waals surface area contributed by atoms with Crippen molar-refractivity contribution in [1.82, 2.24) is 4.90 Å². The summed E-state index contributed by atoms with van der Waals surface area (Å²) in [6, 6.07) is 0. The average molecular weight is 225 g/mol. The summed E-state index contributed by atoms with van der Waals surface area (Å²) in [7, 11) is 0. The molecule has 0 atom stereocenters. The summed E-state index contributed by atoms with van der Waals surface area (Å²) >= 11 is 0. The van der Waals surface area contributed by atoms with Gasteiger partial charge in [0.05, 0.1) is 5.54 Å². The van der Waals surface area contributed by atoms with E-state index in [1.807, 2.05) is 34.6 Å². The quantitative estimate of drug-likeness (QED) is 0.753. The van der Waals surface area contributed by atoms with Gasteiger partial charge in [0.2, 0.25) is 0 Å². The van der Waals surface area contributed by atoms with Crippen LogP contribution in [0.25, 0.3) is 0 Å². The van der Waals surface area contributed by atoms with Gasteiger partial charge in [0, 0.05) is 12.1 Å². The van der Waals surface area contributed by atoms with Crippen molar-refractivity contribution >= 4 is 18.5 Å². The lowest BCUT2D eigenvalue weighted by Gasteiger charge is -2.44. The minimum Gasteiger partial charge on any atom is -0.465 e. The molecule has 0 spiro atoms. The number of carboxylic acid groups (broad SMARTS) is 1. The number of hydrogen-bond donors (Lipinski definition) is 2. The topological polar surface area (TPSA) is 66.6 Å². The first-order chi connectivity index (χ1) is 5.63. The molecule has 0 aromatic heterocycles. The standard InChI is InChI=1S/C9H20N2O2.ClH/c1-8(2,3)11(7(12)13)9(4,5)6-10;/h6,10H2,1-5H3,(H,12,13);1H. The summed E-state index contributed by atoms with van der Waals surface area (Å²) in [5, 5.41) is 9.05. The molecule has 0 saturated heterocycles. The van der Waals surface area contributed by atoms with E-state index in [2.05, 4.69) is 0 Å². The summed E-state index contributed by atoms with van der Waals surface area (Å²) in [5.74, 6) is 0. The SMILES string of the molecule is CC(C)(C)N(C(=O)O)C(C)(C)CN.Cl. The van der Waals surface area contributed by atoms with E-state index < -0.39 is 17.2 Å². The second-order valence-corrected chi connectivity index (χ2v) is 4.81. The van der Waals surface area contributed by atoms with Crippen molar-refractivity contribution in [2.24, 2.45) is 5.73 Å². The highest BCUT2D eigenvalue weighted by atomic mass is 35.5. The van der Waals surface area contributed by atoms with Gasteiger partial charge in [-0.05, 0) is 34.6 Å². The van der Waals surface area contributed by atoms with Gasteiger partial charge in [-0.1, -0.05) is 0 Å². The molecule has 0 aliphatic carbocycles. The molecule has 4 nitrogen and oxygen atoms in total. The van der Waals surface area contributed by atoms with E-state index in [0.717, 1.165) is 0 Å². The summed E-state index contributed by atoms with van der Waals surface area (Å²) in [4.78, 5) is 12.4. The third-order valence-electron chi connectivity index (χ3n) is 1.97. The fourth-order valence-electron chi connectivity index (χ4n) is 1.55. The van der Waals surface area contributed by atoms with Gasteiger partial charge in [0.15, 0.2) is 0 Å². The Morgan fingerprint density at radius 3 is 1.71 bits per heavy atom. The first kappa shape index (κ1) is 16.0. The van der Waals surface area contributed by atoms with E-state index in [4.69, 9.17) is 10.8 Å². The largest absolute Gasteiger partial charge is 0.465 e. The van der Waals surface area contributed by atoms with Crippen molar-refractivity contribution in [2.75, 3.05) is 6.54 Å². The summed E-state index contributed by atoms with van der Waals surface area (Å²) < 4.78 is 0. The van der Waals surface area contributed by atoms with Gasteiger partial charge >= 0.3 is 6.09 Å². The molecule has 0 aromatic carbocycles. The molecule has 5 heteroatoms. The first-order valence-electron chi connectivity index (χ1n) is 4.36. The molecule has 0 saturated carbocycles. The number of carbonyl (C=O) groups is 1. The van der Waals surface area contributed by atoms with Gasteiger partial charge in [-0.25, -0.2) is 4.79 Å². The van der Waals surface area contributed by atoms with Crippen LogP contribution in [0, 0.1) is 0 Å². The highest BCUT2D eigenvalue weighted by molar-refractivity contribution is 5.85. The summed E-state index contributed by atoms with van der Waals surface area (Å²) in [6.45, 7) is 9.55. The van der Waals surface area contributed by atoms with Crippen molar-refractivity contribution in [1.29, 1.82) is 0 Å². The fourth-order valence-corrected chi connectivity index (χ4v) is 1.55. The van der Waals surface area contributed by atoms with Crippen LogP contribution in [0.15, 0.2) is 0 Å². The van der Waals surface area contributed by atoms with Crippen molar-refractivity contribution in [2.45, 2.75) is 45.7 Å². The maximum Gasteiger partial charge on any atom is 0.408 e. The Labute approximate surface area is 91.9 Å². The van der Waals surface area contributed by atoms with Crippen LogP contribution in [-0.2, 0) is 0 Å². The Balaban J connectivity index is 0. The zero-order valence-corrected chi connectivity index (χ0v) is 10.3. The van der Waals surface area contributed by atoms with Crippen LogP contribution in [0.5, 0.6) is 0 Å². The molecule has 0 rings (SSSR count). The Morgan fingerprint density at radius 2 is 1.64 bits per heavy atom. The van der Waals surface area contributed by atoms with Gasteiger partial charge in [-0.3, -0.25) is 4.90 Å². The predicted octanol–water partition coefficient (Wildman–Crippen LogP) is 1.92. The van der Waals surface area contributed by atoms with E-state index in [1.54, 1.807) is 0 Å². The normalized spacial score (nSPS) is 11.9. The summed E-state index contributed by atoms with van der Waals surface area (Å²) in [5.41, 5.74) is 4.59. The number of nitrogens with zero attached hydrogens (tertiary/aromatic N) is 1. The predicted molar refractivity (Wildman–Crippen MR) is 60.0 cm³/mol. The molecule has 0 unspecified atom stereocenters. The monoisotopic (exact) mass is 224 g/mol. The maximum atomic E-state index is 11.0. The average Bonchev–Trinajstić information content (AvgIpc) is 1.82. The maximum absolute atomic E-state index is 11.0. The zero-order valence-electron chi connectivity index (χ0n) is 9.50. The molecule has 0 aliphatic heterocycles. The molecule has 0 aromatic rings. The Bertz CT molecular complexity index is 199. The lowest BCUT2D eigenvalue weighted by atomic mass is 9.95. The zero-order chi connectivity index (χ0) is 10.9. The van der Waals surface area contributed by atoms with Crippen molar-refractivity contribution in [3.63, 3.8) is 0 Å². The molecule has 0 heterocycles. The Kier molecular flexibility index (Phi) is 5.53. The van der Waals surface area contributed by atoms with Gasteiger partial charge in [0.25, 0.3) is 0 Å². The van der Waals surface area contributed by atoms with Crippen LogP contribution in [0.3, 0.4) is 0 Å². The second kappa shape index (κ2) is 4.84.